The van der Waals surface area contributed by atoms with Crippen molar-refractivity contribution < 1.29 is 9.53 Å². The van der Waals surface area contributed by atoms with E-state index in [0.717, 1.165) is 12.8 Å². The molecule has 3 N–H and O–H groups in total. The molecule has 0 aliphatic carbocycles. The molecular weight excluding hydrogens is 204 g/mol. The lowest BCUT2D eigenvalue weighted by molar-refractivity contribution is -0.131. The van der Waals surface area contributed by atoms with Crippen LogP contribution in [0.1, 0.15) is 33.6 Å². The molecule has 1 heterocycles. The van der Waals surface area contributed by atoms with Gasteiger partial charge in [0.05, 0.1) is 0 Å². The van der Waals surface area contributed by atoms with Gasteiger partial charge in [0.25, 0.3) is 0 Å². The zero-order valence-corrected chi connectivity index (χ0v) is 10.5. The van der Waals surface area contributed by atoms with Crippen LogP contribution in [-0.4, -0.2) is 31.2 Å². The molecule has 0 saturated carbocycles. The van der Waals surface area contributed by atoms with Crippen LogP contribution in [0.3, 0.4) is 0 Å². The number of carbonyl (C=O) groups is 1. The first-order chi connectivity index (χ1) is 7.50. The summed E-state index contributed by atoms with van der Waals surface area (Å²) in [6.45, 7) is 7.54. The molecule has 1 amide bonds. The van der Waals surface area contributed by atoms with Crippen molar-refractivity contribution in [3.63, 3.8) is 0 Å². The molecule has 16 heavy (non-hydrogen) atoms. The zero-order chi connectivity index (χ0) is 12.1. The average molecular weight is 228 g/mol. The van der Waals surface area contributed by atoms with Crippen LogP contribution in [-0.2, 0) is 9.53 Å². The fourth-order valence-electron chi connectivity index (χ4n) is 2.05. The van der Waals surface area contributed by atoms with Crippen LogP contribution in [0.15, 0.2) is 0 Å². The maximum absolute atomic E-state index is 11.8. The minimum Gasteiger partial charge on any atom is -0.368 e. The fourth-order valence-corrected chi connectivity index (χ4v) is 2.05. The highest BCUT2D eigenvalue weighted by molar-refractivity contribution is 5.81. The number of nitrogens with two attached hydrogens (primary N) is 1. The van der Waals surface area contributed by atoms with E-state index in [2.05, 4.69) is 19.2 Å². The lowest BCUT2D eigenvalue weighted by Crippen LogP contribution is -2.43. The van der Waals surface area contributed by atoms with Crippen molar-refractivity contribution in [2.24, 2.45) is 17.6 Å². The van der Waals surface area contributed by atoms with Gasteiger partial charge in [-0.3, -0.25) is 4.79 Å². The minimum atomic E-state index is -0.272. The molecule has 0 aromatic rings. The molecule has 0 spiro atoms. The van der Waals surface area contributed by atoms with E-state index >= 15 is 0 Å². The van der Waals surface area contributed by atoms with Crippen molar-refractivity contribution in [3.8, 4) is 0 Å². The molecule has 3 atom stereocenters. The molecular formula is C12H24N2O2. The summed E-state index contributed by atoms with van der Waals surface area (Å²) < 4.78 is 5.39. The number of carbonyl (C=O) groups excluding carboxylic acids is 1. The monoisotopic (exact) mass is 228 g/mol. The van der Waals surface area contributed by atoms with Crippen molar-refractivity contribution in [1.82, 2.24) is 5.32 Å². The van der Waals surface area contributed by atoms with E-state index in [1.54, 1.807) is 0 Å². The molecule has 1 fully saturated rings. The van der Waals surface area contributed by atoms with Gasteiger partial charge in [0.2, 0.25) is 5.91 Å². The van der Waals surface area contributed by atoms with E-state index in [0.29, 0.717) is 25.0 Å². The van der Waals surface area contributed by atoms with E-state index in [1.165, 1.54) is 0 Å². The summed E-state index contributed by atoms with van der Waals surface area (Å²) in [5.74, 6) is 0.874. The Morgan fingerprint density at radius 3 is 2.75 bits per heavy atom. The van der Waals surface area contributed by atoms with Crippen molar-refractivity contribution in [3.05, 3.63) is 0 Å². The number of rotatable bonds is 5. The summed E-state index contributed by atoms with van der Waals surface area (Å²) in [5, 5.41) is 2.87. The van der Waals surface area contributed by atoms with E-state index in [4.69, 9.17) is 10.5 Å². The number of hydrogen-bond donors (Lipinski definition) is 2. The van der Waals surface area contributed by atoms with Crippen LogP contribution >= 0.6 is 0 Å². The van der Waals surface area contributed by atoms with Gasteiger partial charge in [-0.2, -0.15) is 0 Å². The highest BCUT2D eigenvalue weighted by atomic mass is 16.5. The van der Waals surface area contributed by atoms with Crippen LogP contribution in [0.2, 0.25) is 0 Å². The lowest BCUT2D eigenvalue weighted by atomic mass is 10.0. The van der Waals surface area contributed by atoms with Crippen molar-refractivity contribution >= 4 is 5.91 Å². The van der Waals surface area contributed by atoms with Crippen LogP contribution in [0.4, 0.5) is 0 Å². The van der Waals surface area contributed by atoms with Gasteiger partial charge in [0.1, 0.15) is 6.10 Å². The predicted molar refractivity (Wildman–Crippen MR) is 64.0 cm³/mol. The summed E-state index contributed by atoms with van der Waals surface area (Å²) in [5.41, 5.74) is 5.90. The summed E-state index contributed by atoms with van der Waals surface area (Å²) >= 11 is 0. The van der Waals surface area contributed by atoms with Crippen LogP contribution in [0, 0.1) is 11.8 Å². The van der Waals surface area contributed by atoms with Gasteiger partial charge in [-0.05, 0) is 24.7 Å². The summed E-state index contributed by atoms with van der Waals surface area (Å²) in [4.78, 5) is 11.8. The second-order valence-electron chi connectivity index (χ2n) is 5.19. The van der Waals surface area contributed by atoms with Gasteiger partial charge < -0.3 is 15.8 Å². The summed E-state index contributed by atoms with van der Waals surface area (Å²) in [6.07, 6.45) is 1.63. The number of hydrogen-bond acceptors (Lipinski definition) is 3. The normalized spacial score (nSPS) is 27.1. The van der Waals surface area contributed by atoms with Crippen LogP contribution < -0.4 is 11.1 Å². The molecule has 4 heteroatoms. The Morgan fingerprint density at radius 1 is 1.56 bits per heavy atom. The maximum Gasteiger partial charge on any atom is 0.249 e. The number of nitrogens with one attached hydrogen (secondary N) is 1. The molecule has 94 valence electrons. The topological polar surface area (TPSA) is 64.3 Å². The van der Waals surface area contributed by atoms with Gasteiger partial charge >= 0.3 is 0 Å². The standard InChI is InChI=1S/C12H24N2O2/c1-8(2)6-10(13)7-14-12(15)11-9(3)4-5-16-11/h8-11H,4-7,13H2,1-3H3,(H,14,15). The van der Waals surface area contributed by atoms with Crippen LogP contribution in [0.25, 0.3) is 0 Å². The second kappa shape index (κ2) is 6.21. The Kier molecular flexibility index (Phi) is 5.22. The van der Waals surface area contributed by atoms with Crippen molar-refractivity contribution in [2.45, 2.75) is 45.8 Å². The molecule has 0 radical (unpaired) electrons. The van der Waals surface area contributed by atoms with Crippen molar-refractivity contribution in [1.29, 1.82) is 0 Å². The third kappa shape index (κ3) is 4.10. The van der Waals surface area contributed by atoms with E-state index in [1.807, 2.05) is 6.92 Å². The lowest BCUT2D eigenvalue weighted by Gasteiger charge is -2.18. The number of ether oxygens (including phenoxy) is 1. The van der Waals surface area contributed by atoms with E-state index in [-0.39, 0.29) is 18.1 Å². The Hall–Kier alpha value is -0.610. The third-order valence-corrected chi connectivity index (χ3v) is 2.96. The van der Waals surface area contributed by atoms with E-state index in [9.17, 15) is 4.79 Å². The molecule has 3 unspecified atom stereocenters. The molecule has 0 bridgehead atoms. The first kappa shape index (κ1) is 13.5. The number of amides is 1. The smallest absolute Gasteiger partial charge is 0.249 e. The van der Waals surface area contributed by atoms with Gasteiger partial charge in [-0.1, -0.05) is 20.8 Å². The molecule has 1 aliphatic rings. The predicted octanol–water partition coefficient (Wildman–Crippen LogP) is 0.901. The molecule has 4 nitrogen and oxygen atoms in total. The second-order valence-corrected chi connectivity index (χ2v) is 5.19. The SMILES string of the molecule is CC(C)CC(N)CNC(=O)C1OCCC1C. The first-order valence-electron chi connectivity index (χ1n) is 6.15. The first-order valence-corrected chi connectivity index (χ1v) is 6.15. The highest BCUT2D eigenvalue weighted by Crippen LogP contribution is 2.19. The Morgan fingerprint density at radius 2 is 2.25 bits per heavy atom. The largest absolute Gasteiger partial charge is 0.368 e. The average Bonchev–Trinajstić information content (AvgIpc) is 2.60. The zero-order valence-electron chi connectivity index (χ0n) is 10.5. The Labute approximate surface area is 97.9 Å². The summed E-state index contributed by atoms with van der Waals surface area (Å²) in [6, 6.07) is 0.0423. The third-order valence-electron chi connectivity index (χ3n) is 2.96. The quantitative estimate of drug-likeness (QED) is 0.735. The molecule has 1 rings (SSSR count). The molecule has 0 aromatic heterocycles. The fraction of sp³-hybridized carbons (Fsp3) is 0.917. The van der Waals surface area contributed by atoms with Gasteiger partial charge in [0.15, 0.2) is 0 Å². The maximum atomic E-state index is 11.8. The van der Waals surface area contributed by atoms with Gasteiger partial charge in [0, 0.05) is 19.2 Å². The molecule has 1 saturated heterocycles. The Bertz CT molecular complexity index is 231. The molecule has 1 aliphatic heterocycles. The van der Waals surface area contributed by atoms with Crippen molar-refractivity contribution in [2.75, 3.05) is 13.2 Å². The molecule has 0 aromatic carbocycles. The summed E-state index contributed by atoms with van der Waals surface area (Å²) in [7, 11) is 0. The van der Waals surface area contributed by atoms with Crippen LogP contribution in [0.5, 0.6) is 0 Å². The van der Waals surface area contributed by atoms with Gasteiger partial charge in [-0.25, -0.2) is 0 Å². The highest BCUT2D eigenvalue weighted by Gasteiger charge is 2.30. The van der Waals surface area contributed by atoms with E-state index < -0.39 is 0 Å². The Balaban J connectivity index is 2.24. The minimum absolute atomic E-state index is 0.00999. The van der Waals surface area contributed by atoms with Gasteiger partial charge in [-0.15, -0.1) is 0 Å².